The SMILES string of the molecule is CCCC1CCN(CC2(CN)CCC2)CC1. The van der Waals surface area contributed by atoms with Crippen molar-refractivity contribution in [1.29, 1.82) is 0 Å². The van der Waals surface area contributed by atoms with Crippen LogP contribution < -0.4 is 5.73 Å². The molecule has 0 aromatic carbocycles. The third-order valence-electron chi connectivity index (χ3n) is 4.81. The number of rotatable bonds is 5. The number of piperidine rings is 1. The fourth-order valence-corrected chi connectivity index (χ4v) is 3.42. The number of likely N-dealkylation sites (tertiary alicyclic amines) is 1. The molecule has 0 radical (unpaired) electrons. The van der Waals surface area contributed by atoms with Gasteiger partial charge in [-0.1, -0.05) is 26.2 Å². The van der Waals surface area contributed by atoms with Crippen molar-refractivity contribution in [3.05, 3.63) is 0 Å². The highest BCUT2D eigenvalue weighted by atomic mass is 15.1. The fourth-order valence-electron chi connectivity index (χ4n) is 3.42. The van der Waals surface area contributed by atoms with Crippen molar-refractivity contribution < 1.29 is 0 Å². The minimum Gasteiger partial charge on any atom is -0.330 e. The molecular weight excluding hydrogens is 196 g/mol. The maximum Gasteiger partial charge on any atom is 0.00501 e. The largest absolute Gasteiger partial charge is 0.330 e. The summed E-state index contributed by atoms with van der Waals surface area (Å²) in [6.45, 7) is 7.15. The van der Waals surface area contributed by atoms with Gasteiger partial charge in [0.1, 0.15) is 0 Å². The van der Waals surface area contributed by atoms with Gasteiger partial charge in [0, 0.05) is 6.54 Å². The summed E-state index contributed by atoms with van der Waals surface area (Å²) in [6, 6.07) is 0. The van der Waals surface area contributed by atoms with E-state index in [4.69, 9.17) is 5.73 Å². The molecule has 1 saturated heterocycles. The van der Waals surface area contributed by atoms with Crippen molar-refractivity contribution in [1.82, 2.24) is 4.90 Å². The molecule has 2 aliphatic rings. The Balaban J connectivity index is 1.72. The Morgan fingerprint density at radius 2 is 1.94 bits per heavy atom. The van der Waals surface area contributed by atoms with Crippen LogP contribution >= 0.6 is 0 Å². The summed E-state index contributed by atoms with van der Waals surface area (Å²) in [4.78, 5) is 2.68. The minimum atomic E-state index is 0.512. The monoisotopic (exact) mass is 224 g/mol. The Kier molecular flexibility index (Phi) is 4.26. The van der Waals surface area contributed by atoms with E-state index in [-0.39, 0.29) is 0 Å². The van der Waals surface area contributed by atoms with Gasteiger partial charge >= 0.3 is 0 Å². The van der Waals surface area contributed by atoms with E-state index < -0.39 is 0 Å². The second kappa shape index (κ2) is 5.50. The van der Waals surface area contributed by atoms with Gasteiger partial charge in [0.25, 0.3) is 0 Å². The van der Waals surface area contributed by atoms with Crippen LogP contribution in [0.2, 0.25) is 0 Å². The molecule has 1 saturated carbocycles. The van der Waals surface area contributed by atoms with Crippen molar-refractivity contribution in [2.24, 2.45) is 17.1 Å². The summed E-state index contributed by atoms with van der Waals surface area (Å²) in [7, 11) is 0. The summed E-state index contributed by atoms with van der Waals surface area (Å²) >= 11 is 0. The van der Waals surface area contributed by atoms with E-state index in [1.54, 1.807) is 0 Å². The van der Waals surface area contributed by atoms with Crippen LogP contribution in [0.3, 0.4) is 0 Å². The van der Waals surface area contributed by atoms with E-state index in [0.29, 0.717) is 5.41 Å². The quantitative estimate of drug-likeness (QED) is 0.778. The van der Waals surface area contributed by atoms with Crippen LogP contribution in [0.1, 0.15) is 51.9 Å². The van der Waals surface area contributed by atoms with Crippen LogP contribution in [0.25, 0.3) is 0 Å². The van der Waals surface area contributed by atoms with Gasteiger partial charge < -0.3 is 10.6 Å². The Bertz CT molecular complexity index is 197. The van der Waals surface area contributed by atoms with E-state index in [0.717, 1.165) is 12.5 Å². The summed E-state index contributed by atoms with van der Waals surface area (Å²) in [5.41, 5.74) is 6.45. The van der Waals surface area contributed by atoms with Crippen molar-refractivity contribution in [2.45, 2.75) is 51.9 Å². The lowest BCUT2D eigenvalue weighted by molar-refractivity contribution is 0.0544. The molecule has 2 fully saturated rings. The summed E-state index contributed by atoms with van der Waals surface area (Å²) in [5, 5.41) is 0. The van der Waals surface area contributed by atoms with Crippen LogP contribution in [0.4, 0.5) is 0 Å². The van der Waals surface area contributed by atoms with Crippen LogP contribution in [0.15, 0.2) is 0 Å². The van der Waals surface area contributed by atoms with Gasteiger partial charge in [-0.25, -0.2) is 0 Å². The highest BCUT2D eigenvalue weighted by Crippen LogP contribution is 2.41. The number of hydrogen-bond donors (Lipinski definition) is 1. The Hall–Kier alpha value is -0.0800. The van der Waals surface area contributed by atoms with E-state index in [1.165, 1.54) is 64.6 Å². The number of hydrogen-bond acceptors (Lipinski definition) is 2. The second-order valence-electron chi connectivity index (χ2n) is 6.07. The predicted octanol–water partition coefficient (Wildman–Crippen LogP) is 2.63. The van der Waals surface area contributed by atoms with Crippen LogP contribution in [0, 0.1) is 11.3 Å². The predicted molar refractivity (Wildman–Crippen MR) is 69.4 cm³/mol. The molecule has 0 aromatic rings. The zero-order valence-corrected chi connectivity index (χ0v) is 10.9. The average Bonchev–Trinajstić information content (AvgIpc) is 2.26. The van der Waals surface area contributed by atoms with Crippen LogP contribution in [0.5, 0.6) is 0 Å². The molecule has 1 aliphatic carbocycles. The molecule has 1 heterocycles. The second-order valence-corrected chi connectivity index (χ2v) is 6.07. The first-order valence-electron chi connectivity index (χ1n) is 7.20. The topological polar surface area (TPSA) is 29.3 Å². The molecular formula is C14H28N2. The molecule has 2 N–H and O–H groups in total. The summed E-state index contributed by atoms with van der Waals surface area (Å²) in [5.74, 6) is 1.01. The Labute approximate surface area is 101 Å². The maximum absolute atomic E-state index is 5.93. The van der Waals surface area contributed by atoms with E-state index in [2.05, 4.69) is 11.8 Å². The zero-order valence-electron chi connectivity index (χ0n) is 10.9. The van der Waals surface area contributed by atoms with Gasteiger partial charge in [-0.3, -0.25) is 0 Å². The molecule has 2 rings (SSSR count). The lowest BCUT2D eigenvalue weighted by Crippen LogP contribution is -2.49. The minimum absolute atomic E-state index is 0.512. The van der Waals surface area contributed by atoms with E-state index in [9.17, 15) is 0 Å². The molecule has 1 aliphatic heterocycles. The molecule has 2 nitrogen and oxygen atoms in total. The highest BCUT2D eigenvalue weighted by molar-refractivity contribution is 4.92. The molecule has 0 atom stereocenters. The van der Waals surface area contributed by atoms with Crippen molar-refractivity contribution in [3.8, 4) is 0 Å². The van der Waals surface area contributed by atoms with Crippen LogP contribution in [-0.2, 0) is 0 Å². The van der Waals surface area contributed by atoms with Gasteiger partial charge in [0.2, 0.25) is 0 Å². The van der Waals surface area contributed by atoms with Gasteiger partial charge in [0.15, 0.2) is 0 Å². The standard InChI is InChI=1S/C14H28N2/c1-2-4-13-5-9-16(10-6-13)12-14(11-15)7-3-8-14/h13H,2-12,15H2,1H3. The van der Waals surface area contributed by atoms with E-state index >= 15 is 0 Å². The lowest BCUT2D eigenvalue weighted by atomic mass is 9.68. The molecule has 0 bridgehead atoms. The molecule has 0 spiro atoms. The van der Waals surface area contributed by atoms with Crippen molar-refractivity contribution in [2.75, 3.05) is 26.2 Å². The third kappa shape index (κ3) is 2.78. The smallest absolute Gasteiger partial charge is 0.00501 e. The van der Waals surface area contributed by atoms with Crippen molar-refractivity contribution in [3.63, 3.8) is 0 Å². The van der Waals surface area contributed by atoms with E-state index in [1.807, 2.05) is 0 Å². The first kappa shape index (κ1) is 12.4. The molecule has 94 valence electrons. The highest BCUT2D eigenvalue weighted by Gasteiger charge is 2.37. The van der Waals surface area contributed by atoms with Crippen molar-refractivity contribution >= 4 is 0 Å². The summed E-state index contributed by atoms with van der Waals surface area (Å²) in [6.07, 6.45) is 9.80. The number of nitrogens with two attached hydrogens (primary N) is 1. The molecule has 0 aromatic heterocycles. The Morgan fingerprint density at radius 1 is 1.25 bits per heavy atom. The van der Waals surface area contributed by atoms with Gasteiger partial charge in [-0.2, -0.15) is 0 Å². The van der Waals surface area contributed by atoms with Crippen LogP contribution in [-0.4, -0.2) is 31.1 Å². The molecule has 16 heavy (non-hydrogen) atoms. The van der Waals surface area contributed by atoms with Gasteiger partial charge in [0.05, 0.1) is 0 Å². The zero-order chi connectivity index (χ0) is 11.4. The Morgan fingerprint density at radius 3 is 2.38 bits per heavy atom. The maximum atomic E-state index is 5.93. The number of nitrogens with zero attached hydrogens (tertiary/aromatic N) is 1. The fraction of sp³-hybridized carbons (Fsp3) is 1.00. The molecule has 0 unspecified atom stereocenters. The summed E-state index contributed by atoms with van der Waals surface area (Å²) < 4.78 is 0. The third-order valence-corrected chi connectivity index (χ3v) is 4.81. The molecule has 2 heteroatoms. The average molecular weight is 224 g/mol. The lowest BCUT2D eigenvalue weighted by Gasteiger charge is -2.46. The van der Waals surface area contributed by atoms with Gasteiger partial charge in [-0.15, -0.1) is 0 Å². The first-order chi connectivity index (χ1) is 7.78. The first-order valence-corrected chi connectivity index (χ1v) is 7.20. The molecule has 0 amide bonds. The van der Waals surface area contributed by atoms with Gasteiger partial charge in [-0.05, 0) is 56.7 Å². The normalized spacial score (nSPS) is 26.6.